The SMILES string of the molecule is C[C@H]1CC[C@H]2C(C)(C)[C@@H](O)[C@H](Br)C[C@]23Oc2c(cc(Cl)c4c2CNC4=O)C[C@]13C. The summed E-state index contributed by atoms with van der Waals surface area (Å²) in [6.07, 6.45) is 3.40. The van der Waals surface area contributed by atoms with Crippen molar-refractivity contribution < 1.29 is 14.6 Å². The summed E-state index contributed by atoms with van der Waals surface area (Å²) in [5.41, 5.74) is 1.86. The van der Waals surface area contributed by atoms with Crippen LogP contribution in [0.5, 0.6) is 5.75 Å². The summed E-state index contributed by atoms with van der Waals surface area (Å²) in [4.78, 5) is 12.3. The highest BCUT2D eigenvalue weighted by molar-refractivity contribution is 9.09. The van der Waals surface area contributed by atoms with Gasteiger partial charge in [-0.15, -0.1) is 0 Å². The van der Waals surface area contributed by atoms with Crippen molar-refractivity contribution in [2.45, 2.75) is 76.5 Å². The number of nitrogens with one attached hydrogen (secondary N) is 1. The van der Waals surface area contributed by atoms with Gasteiger partial charge in [-0.05, 0) is 42.2 Å². The number of amides is 1. The van der Waals surface area contributed by atoms with E-state index in [1.165, 1.54) is 0 Å². The van der Waals surface area contributed by atoms with Gasteiger partial charge in [0.1, 0.15) is 11.4 Å². The van der Waals surface area contributed by atoms with Gasteiger partial charge >= 0.3 is 0 Å². The lowest BCUT2D eigenvalue weighted by Gasteiger charge is -2.67. The monoisotopic (exact) mass is 481 g/mol. The molecule has 1 spiro atoms. The summed E-state index contributed by atoms with van der Waals surface area (Å²) in [5, 5.41) is 14.5. The summed E-state index contributed by atoms with van der Waals surface area (Å²) in [6, 6.07) is 1.95. The predicted octanol–water partition coefficient (Wildman–Crippen LogP) is 4.86. The maximum Gasteiger partial charge on any atom is 0.253 e. The number of ether oxygens (including phenoxy) is 1. The zero-order valence-electron chi connectivity index (χ0n) is 17.4. The Bertz CT molecular complexity index is 918. The van der Waals surface area contributed by atoms with Gasteiger partial charge in [0.15, 0.2) is 0 Å². The summed E-state index contributed by atoms with van der Waals surface area (Å²) < 4.78 is 7.11. The van der Waals surface area contributed by atoms with E-state index >= 15 is 0 Å². The fourth-order valence-electron chi connectivity index (χ4n) is 7.01. The molecule has 1 amide bonds. The van der Waals surface area contributed by atoms with E-state index in [0.717, 1.165) is 42.6 Å². The number of carbonyl (C=O) groups is 1. The lowest BCUT2D eigenvalue weighted by Crippen LogP contribution is -2.72. The third-order valence-electron chi connectivity index (χ3n) is 8.91. The molecule has 2 N–H and O–H groups in total. The molecule has 2 saturated carbocycles. The molecule has 29 heavy (non-hydrogen) atoms. The molecule has 0 bridgehead atoms. The van der Waals surface area contributed by atoms with Crippen molar-refractivity contribution in [2.75, 3.05) is 0 Å². The fraction of sp³-hybridized carbons (Fsp3) is 0.696. The number of hydrogen-bond donors (Lipinski definition) is 2. The van der Waals surface area contributed by atoms with E-state index in [1.54, 1.807) is 0 Å². The van der Waals surface area contributed by atoms with E-state index in [9.17, 15) is 9.90 Å². The van der Waals surface area contributed by atoms with Crippen molar-refractivity contribution in [3.05, 3.63) is 27.8 Å². The van der Waals surface area contributed by atoms with Crippen molar-refractivity contribution in [2.24, 2.45) is 22.7 Å². The van der Waals surface area contributed by atoms with Crippen molar-refractivity contribution in [3.8, 4) is 5.75 Å². The van der Waals surface area contributed by atoms with Crippen molar-refractivity contribution in [1.29, 1.82) is 0 Å². The lowest BCUT2D eigenvalue weighted by atomic mass is 9.43. The van der Waals surface area contributed by atoms with E-state index in [4.69, 9.17) is 16.3 Å². The van der Waals surface area contributed by atoms with Gasteiger partial charge in [-0.3, -0.25) is 4.79 Å². The highest BCUT2D eigenvalue weighted by atomic mass is 79.9. The summed E-state index contributed by atoms with van der Waals surface area (Å²) in [7, 11) is 0. The van der Waals surface area contributed by atoms with E-state index in [-0.39, 0.29) is 33.1 Å². The Kier molecular flexibility index (Phi) is 4.26. The molecule has 2 aliphatic heterocycles. The average molecular weight is 483 g/mol. The third kappa shape index (κ3) is 2.38. The van der Waals surface area contributed by atoms with Crippen LogP contribution in [0, 0.1) is 22.7 Å². The highest BCUT2D eigenvalue weighted by Gasteiger charge is 2.69. The molecule has 6 heteroatoms. The molecule has 2 aliphatic carbocycles. The smallest absolute Gasteiger partial charge is 0.253 e. The number of rotatable bonds is 0. The first-order valence-corrected chi connectivity index (χ1v) is 12.0. The number of halogens is 2. The number of benzene rings is 1. The molecule has 158 valence electrons. The number of fused-ring (bicyclic) bond motifs is 3. The van der Waals surface area contributed by atoms with Crippen LogP contribution in [0.25, 0.3) is 0 Å². The topological polar surface area (TPSA) is 58.6 Å². The number of hydrogen-bond acceptors (Lipinski definition) is 3. The summed E-state index contributed by atoms with van der Waals surface area (Å²) >= 11 is 10.3. The molecule has 6 atom stereocenters. The minimum atomic E-state index is -0.417. The van der Waals surface area contributed by atoms with Crippen LogP contribution in [-0.2, 0) is 13.0 Å². The van der Waals surface area contributed by atoms with Gasteiger partial charge in [0.25, 0.3) is 5.91 Å². The molecule has 2 heterocycles. The first-order chi connectivity index (χ1) is 13.5. The van der Waals surface area contributed by atoms with Gasteiger partial charge in [0, 0.05) is 34.7 Å². The maximum absolute atomic E-state index is 12.4. The fourth-order valence-corrected chi connectivity index (χ4v) is 8.50. The average Bonchev–Trinajstić information content (AvgIpc) is 3.03. The Morgan fingerprint density at radius 3 is 2.76 bits per heavy atom. The zero-order chi connectivity index (χ0) is 20.9. The first-order valence-electron chi connectivity index (χ1n) is 10.7. The lowest BCUT2D eigenvalue weighted by molar-refractivity contribution is -0.230. The van der Waals surface area contributed by atoms with Crippen LogP contribution >= 0.6 is 27.5 Å². The number of carbonyl (C=O) groups excluding carboxylic acids is 1. The van der Waals surface area contributed by atoms with Gasteiger partial charge in [-0.25, -0.2) is 0 Å². The Morgan fingerprint density at radius 1 is 1.31 bits per heavy atom. The number of aliphatic hydroxyl groups excluding tert-OH is 1. The van der Waals surface area contributed by atoms with E-state index in [0.29, 0.717) is 23.0 Å². The first kappa shape index (κ1) is 20.1. The van der Waals surface area contributed by atoms with Crippen LogP contribution in [0.15, 0.2) is 6.07 Å². The van der Waals surface area contributed by atoms with Gasteiger partial charge in [-0.2, -0.15) is 0 Å². The van der Waals surface area contributed by atoms with Crippen molar-refractivity contribution in [3.63, 3.8) is 0 Å². The van der Waals surface area contributed by atoms with Gasteiger partial charge in [-0.1, -0.05) is 55.2 Å². The van der Waals surface area contributed by atoms with Crippen molar-refractivity contribution in [1.82, 2.24) is 5.32 Å². The van der Waals surface area contributed by atoms with Gasteiger partial charge in [0.2, 0.25) is 0 Å². The van der Waals surface area contributed by atoms with Gasteiger partial charge < -0.3 is 15.2 Å². The Balaban J connectivity index is 1.74. The van der Waals surface area contributed by atoms with E-state index in [2.05, 4.69) is 48.9 Å². The second-order valence-corrected chi connectivity index (χ2v) is 12.1. The predicted molar refractivity (Wildman–Crippen MR) is 117 cm³/mol. The molecule has 0 unspecified atom stereocenters. The molecule has 4 aliphatic rings. The van der Waals surface area contributed by atoms with Crippen molar-refractivity contribution >= 4 is 33.4 Å². The molecule has 2 fully saturated rings. The van der Waals surface area contributed by atoms with E-state index in [1.807, 2.05) is 6.07 Å². The van der Waals surface area contributed by atoms with Gasteiger partial charge in [0.05, 0.1) is 16.7 Å². The molecular weight excluding hydrogens is 454 g/mol. The standard InChI is InChI=1S/C23H29BrClNO3/c1-11-5-6-16-21(2,3)19(27)14(24)9-23(16)22(11,4)8-12-7-15(25)17-13(18(12)29-23)10-26-20(17)28/h7,11,14,16,19,27H,5-6,8-10H2,1-4H3,(H,26,28)/t11-,14+,16-,19-,22+,23-/m0/s1. The van der Waals surface area contributed by atoms with Crippen LogP contribution < -0.4 is 10.1 Å². The normalized spacial score (nSPS) is 42.1. The summed E-state index contributed by atoms with van der Waals surface area (Å²) in [5.74, 6) is 1.47. The quantitative estimate of drug-likeness (QED) is 0.519. The molecule has 1 aromatic carbocycles. The molecule has 0 aromatic heterocycles. The largest absolute Gasteiger partial charge is 0.486 e. The Morgan fingerprint density at radius 2 is 2.03 bits per heavy atom. The zero-order valence-corrected chi connectivity index (χ0v) is 19.8. The summed E-state index contributed by atoms with van der Waals surface area (Å²) in [6.45, 7) is 9.54. The van der Waals surface area contributed by atoms with Crippen LogP contribution in [0.3, 0.4) is 0 Å². The van der Waals surface area contributed by atoms with E-state index < -0.39 is 6.10 Å². The van der Waals surface area contributed by atoms with Crippen LogP contribution in [-0.4, -0.2) is 27.5 Å². The Labute approximate surface area is 185 Å². The van der Waals surface area contributed by atoms with Crippen LogP contribution in [0.2, 0.25) is 5.02 Å². The molecule has 1 aromatic rings. The molecule has 5 rings (SSSR count). The minimum absolute atomic E-state index is 0.0277. The maximum atomic E-state index is 12.4. The molecule has 4 nitrogen and oxygen atoms in total. The van der Waals surface area contributed by atoms with Crippen LogP contribution in [0.1, 0.15) is 68.4 Å². The minimum Gasteiger partial charge on any atom is -0.486 e. The molecular formula is C23H29BrClNO3. The number of aliphatic hydroxyl groups is 1. The molecule has 0 radical (unpaired) electrons. The second-order valence-electron chi connectivity index (χ2n) is 10.5. The van der Waals surface area contributed by atoms with Crippen LogP contribution in [0.4, 0.5) is 0 Å². The third-order valence-corrected chi connectivity index (χ3v) is 10.0. The second kappa shape index (κ2) is 6.14. The number of alkyl halides is 1. The highest BCUT2D eigenvalue weighted by Crippen LogP contribution is 2.67. The molecule has 0 saturated heterocycles. The Hall–Kier alpha value is -0.780.